The van der Waals surface area contributed by atoms with Crippen molar-refractivity contribution >= 4 is 0 Å². The Bertz CT molecular complexity index is 284. The standard InChI is InChI=1S/C10H13FN2/c11-9-3-1-2-8(4-9)5-13-10-6-12-7-10/h1-4,10,12-13H,5-7H2. The summed E-state index contributed by atoms with van der Waals surface area (Å²) in [5.74, 6) is -0.161. The van der Waals surface area contributed by atoms with Crippen molar-refractivity contribution in [3.05, 3.63) is 35.6 Å². The third-order valence-electron chi connectivity index (χ3n) is 2.27. The number of halogens is 1. The topological polar surface area (TPSA) is 24.1 Å². The molecule has 1 aromatic carbocycles. The molecule has 70 valence electrons. The Morgan fingerprint density at radius 2 is 2.31 bits per heavy atom. The molecule has 0 unspecified atom stereocenters. The first-order chi connectivity index (χ1) is 6.34. The summed E-state index contributed by atoms with van der Waals surface area (Å²) in [6, 6.07) is 7.27. The Hall–Kier alpha value is -0.930. The molecule has 1 aromatic rings. The van der Waals surface area contributed by atoms with Gasteiger partial charge in [0.05, 0.1) is 0 Å². The van der Waals surface area contributed by atoms with E-state index in [1.807, 2.05) is 6.07 Å². The Balaban J connectivity index is 1.86. The van der Waals surface area contributed by atoms with Gasteiger partial charge in [0, 0.05) is 25.7 Å². The van der Waals surface area contributed by atoms with Crippen molar-refractivity contribution in [2.75, 3.05) is 13.1 Å². The number of nitrogens with one attached hydrogen (secondary N) is 2. The minimum atomic E-state index is -0.161. The van der Waals surface area contributed by atoms with Gasteiger partial charge in [0.1, 0.15) is 5.82 Å². The van der Waals surface area contributed by atoms with Crippen molar-refractivity contribution in [1.29, 1.82) is 0 Å². The van der Waals surface area contributed by atoms with Gasteiger partial charge in [-0.1, -0.05) is 12.1 Å². The van der Waals surface area contributed by atoms with E-state index < -0.39 is 0 Å². The third kappa shape index (κ3) is 2.26. The normalized spacial score (nSPS) is 17.0. The van der Waals surface area contributed by atoms with E-state index >= 15 is 0 Å². The van der Waals surface area contributed by atoms with Crippen LogP contribution >= 0.6 is 0 Å². The molecule has 0 radical (unpaired) electrons. The van der Waals surface area contributed by atoms with Crippen LogP contribution in [0.1, 0.15) is 5.56 Å². The van der Waals surface area contributed by atoms with Gasteiger partial charge in [0.25, 0.3) is 0 Å². The molecular formula is C10H13FN2. The summed E-state index contributed by atoms with van der Waals surface area (Å²) in [6.45, 7) is 2.80. The molecule has 0 aliphatic carbocycles. The molecule has 13 heavy (non-hydrogen) atoms. The molecule has 1 heterocycles. The lowest BCUT2D eigenvalue weighted by atomic mass is 10.1. The molecule has 1 saturated heterocycles. The lowest BCUT2D eigenvalue weighted by Gasteiger charge is -2.28. The summed E-state index contributed by atoms with van der Waals surface area (Å²) in [7, 11) is 0. The van der Waals surface area contributed by atoms with Crippen LogP contribution in [0.2, 0.25) is 0 Å². The zero-order valence-electron chi connectivity index (χ0n) is 7.39. The van der Waals surface area contributed by atoms with Gasteiger partial charge in [0.2, 0.25) is 0 Å². The van der Waals surface area contributed by atoms with Crippen molar-refractivity contribution in [3.63, 3.8) is 0 Å². The maximum absolute atomic E-state index is 12.7. The molecule has 1 fully saturated rings. The lowest BCUT2D eigenvalue weighted by molar-refractivity contribution is 0.365. The largest absolute Gasteiger partial charge is 0.314 e. The van der Waals surface area contributed by atoms with E-state index in [4.69, 9.17) is 0 Å². The maximum atomic E-state index is 12.7. The van der Waals surface area contributed by atoms with E-state index in [9.17, 15) is 4.39 Å². The molecule has 3 heteroatoms. The van der Waals surface area contributed by atoms with Gasteiger partial charge in [-0.3, -0.25) is 0 Å². The van der Waals surface area contributed by atoms with Crippen molar-refractivity contribution in [2.45, 2.75) is 12.6 Å². The zero-order chi connectivity index (χ0) is 9.10. The molecule has 1 aliphatic rings. The van der Waals surface area contributed by atoms with E-state index in [0.717, 1.165) is 25.2 Å². The zero-order valence-corrected chi connectivity index (χ0v) is 7.39. The summed E-state index contributed by atoms with van der Waals surface area (Å²) in [4.78, 5) is 0. The Morgan fingerprint density at radius 3 is 2.92 bits per heavy atom. The average Bonchev–Trinajstić information content (AvgIpc) is 2.01. The minimum absolute atomic E-state index is 0.161. The molecular weight excluding hydrogens is 167 g/mol. The van der Waals surface area contributed by atoms with Gasteiger partial charge in [-0.15, -0.1) is 0 Å². The Morgan fingerprint density at radius 1 is 1.46 bits per heavy atom. The highest BCUT2D eigenvalue weighted by atomic mass is 19.1. The van der Waals surface area contributed by atoms with E-state index in [1.54, 1.807) is 12.1 Å². The second kappa shape index (κ2) is 3.85. The van der Waals surface area contributed by atoms with Crippen LogP contribution in [0, 0.1) is 5.82 Å². The van der Waals surface area contributed by atoms with Gasteiger partial charge < -0.3 is 10.6 Å². The highest BCUT2D eigenvalue weighted by Gasteiger charge is 2.14. The van der Waals surface area contributed by atoms with Gasteiger partial charge in [-0.25, -0.2) is 4.39 Å². The first-order valence-electron chi connectivity index (χ1n) is 4.53. The number of benzene rings is 1. The second-order valence-electron chi connectivity index (χ2n) is 3.37. The first kappa shape index (κ1) is 8.66. The number of rotatable bonds is 3. The molecule has 0 aromatic heterocycles. The molecule has 2 nitrogen and oxygen atoms in total. The molecule has 2 N–H and O–H groups in total. The third-order valence-corrected chi connectivity index (χ3v) is 2.27. The van der Waals surface area contributed by atoms with Crippen molar-refractivity contribution in [1.82, 2.24) is 10.6 Å². The summed E-state index contributed by atoms with van der Waals surface area (Å²) in [5, 5.41) is 6.51. The summed E-state index contributed by atoms with van der Waals surface area (Å²) < 4.78 is 12.7. The Kier molecular flexibility index (Phi) is 2.57. The van der Waals surface area contributed by atoms with Crippen LogP contribution in [0.5, 0.6) is 0 Å². The van der Waals surface area contributed by atoms with Crippen LogP contribution in [-0.2, 0) is 6.54 Å². The van der Waals surface area contributed by atoms with Crippen LogP contribution < -0.4 is 10.6 Å². The van der Waals surface area contributed by atoms with E-state index in [-0.39, 0.29) is 5.82 Å². The van der Waals surface area contributed by atoms with Crippen molar-refractivity contribution in [2.24, 2.45) is 0 Å². The van der Waals surface area contributed by atoms with Gasteiger partial charge in [0.15, 0.2) is 0 Å². The van der Waals surface area contributed by atoms with E-state index in [0.29, 0.717) is 6.04 Å². The van der Waals surface area contributed by atoms with Gasteiger partial charge in [-0.2, -0.15) is 0 Å². The Labute approximate surface area is 77.2 Å². The van der Waals surface area contributed by atoms with Crippen LogP contribution in [0.3, 0.4) is 0 Å². The molecule has 0 spiro atoms. The lowest BCUT2D eigenvalue weighted by Crippen LogP contribution is -2.54. The van der Waals surface area contributed by atoms with Gasteiger partial charge in [-0.05, 0) is 17.7 Å². The molecule has 0 atom stereocenters. The average molecular weight is 180 g/mol. The second-order valence-corrected chi connectivity index (χ2v) is 3.37. The van der Waals surface area contributed by atoms with E-state index in [1.165, 1.54) is 6.07 Å². The van der Waals surface area contributed by atoms with Crippen LogP contribution in [0.4, 0.5) is 4.39 Å². The highest BCUT2D eigenvalue weighted by molar-refractivity contribution is 5.16. The minimum Gasteiger partial charge on any atom is -0.314 e. The number of hydrogen-bond donors (Lipinski definition) is 2. The van der Waals surface area contributed by atoms with Crippen molar-refractivity contribution < 1.29 is 4.39 Å². The maximum Gasteiger partial charge on any atom is 0.123 e. The molecule has 1 aliphatic heterocycles. The SMILES string of the molecule is Fc1cccc(CNC2CNC2)c1. The van der Waals surface area contributed by atoms with E-state index in [2.05, 4.69) is 10.6 Å². The summed E-state index contributed by atoms with van der Waals surface area (Å²) >= 11 is 0. The quantitative estimate of drug-likeness (QED) is 0.721. The number of hydrogen-bond acceptors (Lipinski definition) is 2. The predicted molar refractivity (Wildman–Crippen MR) is 49.9 cm³/mol. The fraction of sp³-hybridized carbons (Fsp3) is 0.400. The predicted octanol–water partition coefficient (Wildman–Crippen LogP) is 0.887. The summed E-state index contributed by atoms with van der Waals surface area (Å²) in [5.41, 5.74) is 1.01. The fourth-order valence-electron chi connectivity index (χ4n) is 1.34. The molecule has 0 amide bonds. The summed E-state index contributed by atoms with van der Waals surface area (Å²) in [6.07, 6.45) is 0. The van der Waals surface area contributed by atoms with Crippen LogP contribution in [-0.4, -0.2) is 19.1 Å². The van der Waals surface area contributed by atoms with Crippen LogP contribution in [0.15, 0.2) is 24.3 Å². The molecule has 0 bridgehead atoms. The van der Waals surface area contributed by atoms with Crippen LogP contribution in [0.25, 0.3) is 0 Å². The smallest absolute Gasteiger partial charge is 0.123 e. The monoisotopic (exact) mass is 180 g/mol. The van der Waals surface area contributed by atoms with Crippen molar-refractivity contribution in [3.8, 4) is 0 Å². The van der Waals surface area contributed by atoms with Gasteiger partial charge >= 0.3 is 0 Å². The highest BCUT2D eigenvalue weighted by Crippen LogP contribution is 2.03. The molecule has 0 saturated carbocycles. The molecule has 2 rings (SSSR count). The fourth-order valence-corrected chi connectivity index (χ4v) is 1.34. The first-order valence-corrected chi connectivity index (χ1v) is 4.53.